The third-order valence-corrected chi connectivity index (χ3v) is 12.5. The van der Waals surface area contributed by atoms with Gasteiger partial charge in [0.25, 0.3) is 0 Å². The van der Waals surface area contributed by atoms with Crippen molar-refractivity contribution in [2.45, 2.75) is 58.3 Å². The lowest BCUT2D eigenvalue weighted by atomic mass is 9.81. The van der Waals surface area contributed by atoms with Crippen molar-refractivity contribution in [2.24, 2.45) is 0 Å². The van der Waals surface area contributed by atoms with E-state index in [1.54, 1.807) is 0 Å². The van der Waals surface area contributed by atoms with Gasteiger partial charge in [0, 0.05) is 38.5 Å². The van der Waals surface area contributed by atoms with E-state index in [0.717, 1.165) is 51.8 Å². The first-order valence-electron chi connectivity index (χ1n) is 20.0. The van der Waals surface area contributed by atoms with Crippen molar-refractivity contribution in [3.63, 3.8) is 0 Å². The first kappa shape index (κ1) is 33.1. The highest BCUT2D eigenvalue weighted by atomic mass is 16.3. The zero-order valence-electron chi connectivity index (χ0n) is 32.7. The highest BCUT2D eigenvalue weighted by molar-refractivity contribution is 6.23. The Kier molecular flexibility index (Phi) is 6.99. The number of aromatic nitrogens is 1. The van der Waals surface area contributed by atoms with Crippen LogP contribution in [0.1, 0.15) is 64.2 Å². The van der Waals surface area contributed by atoms with Gasteiger partial charge in [-0.05, 0) is 99.8 Å². The Balaban J connectivity index is 1.29. The number of para-hydroxylation sites is 2. The van der Waals surface area contributed by atoms with E-state index < -0.39 is 0 Å². The van der Waals surface area contributed by atoms with Crippen LogP contribution in [0.25, 0.3) is 71.3 Å². The summed E-state index contributed by atoms with van der Waals surface area (Å²) in [5, 5.41) is 7.24. The lowest BCUT2D eigenvalue weighted by Gasteiger charge is -2.30. The molecule has 56 heavy (non-hydrogen) atoms. The summed E-state index contributed by atoms with van der Waals surface area (Å²) >= 11 is 0. The zero-order valence-corrected chi connectivity index (χ0v) is 32.7. The molecule has 0 atom stereocenters. The van der Waals surface area contributed by atoms with Gasteiger partial charge < -0.3 is 13.9 Å². The number of rotatable bonds is 4. The summed E-state index contributed by atoms with van der Waals surface area (Å²) in [6.45, 7) is 11.6. The molecule has 11 rings (SSSR count). The predicted octanol–water partition coefficient (Wildman–Crippen LogP) is 15.1. The molecule has 3 heteroatoms. The second kappa shape index (κ2) is 11.8. The molecule has 0 saturated carbocycles. The minimum absolute atomic E-state index is 0.0260. The standard InChI is InChI=1S/C53H44N2O/c1-52(2,3)34-27-29-36(30-28-34)55(44-24-15-23-43-48(44)38-20-11-13-22-42(38)54(43)35-17-7-6-8-18-35)45-32-41-50(51-49(45)39-21-12-14-25-46(39)56-51)47-37-19-10-9-16-33(37)26-31-40(47)53(41,4)5/h7,9-32H,6,8H2,1-5H3. The summed E-state index contributed by atoms with van der Waals surface area (Å²) < 4.78 is 9.58. The van der Waals surface area contributed by atoms with E-state index in [4.69, 9.17) is 4.42 Å². The number of anilines is 3. The van der Waals surface area contributed by atoms with Crippen molar-refractivity contribution in [1.82, 2.24) is 4.57 Å². The monoisotopic (exact) mass is 724 g/mol. The van der Waals surface area contributed by atoms with Crippen molar-refractivity contribution in [2.75, 3.05) is 4.90 Å². The third kappa shape index (κ3) is 4.64. The van der Waals surface area contributed by atoms with Crippen molar-refractivity contribution in [3.8, 4) is 11.1 Å². The van der Waals surface area contributed by atoms with Gasteiger partial charge in [-0.2, -0.15) is 0 Å². The number of furan rings is 1. The summed E-state index contributed by atoms with van der Waals surface area (Å²) in [6, 6.07) is 49.5. The number of hydrogen-bond acceptors (Lipinski definition) is 2. The molecule has 2 aliphatic carbocycles. The van der Waals surface area contributed by atoms with Crippen molar-refractivity contribution in [1.29, 1.82) is 0 Å². The molecule has 0 radical (unpaired) electrons. The van der Waals surface area contributed by atoms with Gasteiger partial charge in [0.05, 0.1) is 27.8 Å². The normalized spacial score (nSPS) is 14.9. The molecule has 2 aromatic heterocycles. The van der Waals surface area contributed by atoms with Crippen LogP contribution in [0.4, 0.5) is 17.1 Å². The van der Waals surface area contributed by atoms with Gasteiger partial charge in [-0.3, -0.25) is 0 Å². The van der Waals surface area contributed by atoms with Gasteiger partial charge in [0.2, 0.25) is 0 Å². The lowest BCUT2D eigenvalue weighted by molar-refractivity contribution is 0.590. The Morgan fingerprint density at radius 3 is 2.14 bits per heavy atom. The molecule has 0 unspecified atom stereocenters. The molecular formula is C53H44N2O. The van der Waals surface area contributed by atoms with Crippen LogP contribution in [-0.4, -0.2) is 4.57 Å². The number of allylic oxidation sites excluding steroid dienone is 4. The molecule has 7 aromatic carbocycles. The molecule has 9 aromatic rings. The van der Waals surface area contributed by atoms with Gasteiger partial charge >= 0.3 is 0 Å². The Morgan fingerprint density at radius 2 is 1.36 bits per heavy atom. The third-order valence-electron chi connectivity index (χ3n) is 12.5. The van der Waals surface area contributed by atoms with E-state index in [9.17, 15) is 0 Å². The van der Waals surface area contributed by atoms with E-state index in [1.807, 2.05) is 0 Å². The van der Waals surface area contributed by atoms with Crippen LogP contribution in [0.15, 0.2) is 156 Å². The van der Waals surface area contributed by atoms with Gasteiger partial charge in [-0.25, -0.2) is 0 Å². The van der Waals surface area contributed by atoms with Gasteiger partial charge in [-0.15, -0.1) is 0 Å². The number of hydrogen-bond donors (Lipinski definition) is 0. The van der Waals surface area contributed by atoms with Crippen molar-refractivity contribution in [3.05, 3.63) is 168 Å². The molecule has 272 valence electrons. The maximum Gasteiger partial charge on any atom is 0.145 e. The van der Waals surface area contributed by atoms with Crippen LogP contribution in [0.3, 0.4) is 0 Å². The molecule has 2 aliphatic rings. The maximum absolute atomic E-state index is 7.12. The smallest absolute Gasteiger partial charge is 0.145 e. The van der Waals surface area contributed by atoms with Crippen molar-refractivity contribution < 1.29 is 4.42 Å². The highest BCUT2D eigenvalue weighted by Crippen LogP contribution is 2.58. The molecule has 0 bridgehead atoms. The molecular weight excluding hydrogens is 681 g/mol. The lowest BCUT2D eigenvalue weighted by Crippen LogP contribution is -2.17. The van der Waals surface area contributed by atoms with E-state index >= 15 is 0 Å². The molecule has 0 aliphatic heterocycles. The molecule has 0 spiro atoms. The van der Waals surface area contributed by atoms with Crippen LogP contribution in [0, 0.1) is 0 Å². The predicted molar refractivity (Wildman–Crippen MR) is 238 cm³/mol. The molecule has 0 N–H and O–H groups in total. The Morgan fingerprint density at radius 1 is 0.625 bits per heavy atom. The number of nitrogens with zero attached hydrogens (tertiary/aromatic N) is 2. The van der Waals surface area contributed by atoms with Gasteiger partial charge in [0.15, 0.2) is 0 Å². The van der Waals surface area contributed by atoms with Gasteiger partial charge in [-0.1, -0.05) is 138 Å². The first-order valence-corrected chi connectivity index (χ1v) is 20.0. The fourth-order valence-electron chi connectivity index (χ4n) is 9.75. The molecule has 0 amide bonds. The largest absolute Gasteiger partial charge is 0.455 e. The molecule has 0 fully saturated rings. The summed E-state index contributed by atoms with van der Waals surface area (Å²) in [6.07, 6.45) is 9.09. The summed E-state index contributed by atoms with van der Waals surface area (Å²) in [7, 11) is 0. The molecule has 3 nitrogen and oxygen atoms in total. The van der Waals surface area contributed by atoms with E-state index in [-0.39, 0.29) is 10.8 Å². The van der Waals surface area contributed by atoms with Crippen LogP contribution in [0.2, 0.25) is 0 Å². The highest BCUT2D eigenvalue weighted by Gasteiger charge is 2.40. The fourth-order valence-corrected chi connectivity index (χ4v) is 9.75. The molecule has 2 heterocycles. The molecule has 0 saturated heterocycles. The van der Waals surface area contributed by atoms with Crippen LogP contribution < -0.4 is 4.90 Å². The number of fused-ring (bicyclic) bond motifs is 12. The van der Waals surface area contributed by atoms with E-state index in [0.29, 0.717) is 0 Å². The minimum atomic E-state index is -0.264. The van der Waals surface area contributed by atoms with Crippen molar-refractivity contribution >= 4 is 77.3 Å². The quantitative estimate of drug-likeness (QED) is 0.180. The fraction of sp³-hybridized carbons (Fsp3) is 0.170. The second-order valence-corrected chi connectivity index (χ2v) is 17.2. The van der Waals surface area contributed by atoms with Crippen LogP contribution in [0.5, 0.6) is 0 Å². The van der Waals surface area contributed by atoms with Crippen LogP contribution in [-0.2, 0) is 10.8 Å². The Bertz CT molecular complexity index is 3140. The van der Waals surface area contributed by atoms with E-state index in [1.165, 1.54) is 66.1 Å². The average Bonchev–Trinajstić information content (AvgIpc) is 3.84. The summed E-state index contributed by atoms with van der Waals surface area (Å²) in [5.74, 6) is 0. The van der Waals surface area contributed by atoms with Crippen LogP contribution >= 0.6 is 0 Å². The summed E-state index contributed by atoms with van der Waals surface area (Å²) in [5.41, 5.74) is 15.1. The first-order chi connectivity index (χ1) is 27.2. The Hall–Kier alpha value is -6.32. The number of benzene rings is 7. The second-order valence-electron chi connectivity index (χ2n) is 17.2. The Labute approximate surface area is 327 Å². The average molecular weight is 725 g/mol. The topological polar surface area (TPSA) is 21.3 Å². The summed E-state index contributed by atoms with van der Waals surface area (Å²) in [4.78, 5) is 2.53. The van der Waals surface area contributed by atoms with E-state index in [2.05, 4.69) is 196 Å². The van der Waals surface area contributed by atoms with Gasteiger partial charge in [0.1, 0.15) is 11.2 Å². The minimum Gasteiger partial charge on any atom is -0.455 e. The maximum atomic E-state index is 7.12. The zero-order chi connectivity index (χ0) is 37.9. The SMILES string of the molecule is CC(C)(C)c1ccc(N(c2cc3c(c4oc5ccccc5c24)-c2c(ccc4ccccc24)C3(C)C)c2cccc3c2c2ccccc2n3C2=CCCC=C2)cc1.